The third kappa shape index (κ3) is 2.17. The highest BCUT2D eigenvalue weighted by atomic mass is 32.1. The van der Waals surface area contributed by atoms with Crippen LogP contribution in [0.2, 0.25) is 0 Å². The Morgan fingerprint density at radius 1 is 1.32 bits per heavy atom. The summed E-state index contributed by atoms with van der Waals surface area (Å²) in [5, 5.41) is 13.9. The molecular weight excluding hydrogens is 266 g/mol. The lowest BCUT2D eigenvalue weighted by atomic mass is 9.82. The van der Waals surface area contributed by atoms with Gasteiger partial charge in [0.15, 0.2) is 0 Å². The zero-order valence-electron chi connectivity index (χ0n) is 9.98. The first-order valence-corrected chi connectivity index (χ1v) is 6.91. The number of thiophene rings is 1. The molecule has 2 bridgehead atoms. The number of ether oxygens (including phenoxy) is 1. The summed E-state index contributed by atoms with van der Waals surface area (Å²) in [6.45, 7) is 0.431. The number of fused-ring (bicyclic) bond motifs is 2. The molecule has 1 saturated heterocycles. The number of carbonyl (C=O) groups excluding carboxylic acids is 1. The van der Waals surface area contributed by atoms with E-state index in [2.05, 4.69) is 5.32 Å². The molecule has 1 aromatic rings. The summed E-state index contributed by atoms with van der Waals surface area (Å²) in [7, 11) is 0. The van der Waals surface area contributed by atoms with E-state index in [-0.39, 0.29) is 5.91 Å². The fourth-order valence-electron chi connectivity index (χ4n) is 2.62. The first-order chi connectivity index (χ1) is 9.16. The predicted molar refractivity (Wildman–Crippen MR) is 68.6 cm³/mol. The van der Waals surface area contributed by atoms with E-state index < -0.39 is 30.0 Å². The van der Waals surface area contributed by atoms with Gasteiger partial charge in [-0.05, 0) is 11.4 Å². The van der Waals surface area contributed by atoms with Crippen molar-refractivity contribution in [1.29, 1.82) is 0 Å². The molecule has 0 radical (unpaired) electrons. The highest BCUT2D eigenvalue weighted by Gasteiger charge is 2.53. The van der Waals surface area contributed by atoms with Crippen molar-refractivity contribution in [2.75, 3.05) is 0 Å². The van der Waals surface area contributed by atoms with Crippen molar-refractivity contribution in [1.82, 2.24) is 5.32 Å². The summed E-state index contributed by atoms with van der Waals surface area (Å²) in [4.78, 5) is 24.5. The van der Waals surface area contributed by atoms with Gasteiger partial charge in [-0.25, -0.2) is 0 Å². The fraction of sp³-hybridized carbons (Fsp3) is 0.385. The molecule has 100 valence electrons. The van der Waals surface area contributed by atoms with Crippen molar-refractivity contribution in [2.24, 2.45) is 11.8 Å². The van der Waals surface area contributed by atoms with E-state index in [9.17, 15) is 14.7 Å². The molecule has 4 atom stereocenters. The van der Waals surface area contributed by atoms with Crippen LogP contribution in [0.3, 0.4) is 0 Å². The van der Waals surface area contributed by atoms with Gasteiger partial charge in [0.05, 0.1) is 24.7 Å². The number of amides is 1. The fourth-order valence-corrected chi connectivity index (χ4v) is 3.26. The van der Waals surface area contributed by atoms with Crippen molar-refractivity contribution >= 4 is 23.2 Å². The quantitative estimate of drug-likeness (QED) is 0.807. The van der Waals surface area contributed by atoms with E-state index in [1.807, 2.05) is 17.5 Å². The van der Waals surface area contributed by atoms with Gasteiger partial charge in [0, 0.05) is 4.88 Å². The Morgan fingerprint density at radius 2 is 2.05 bits per heavy atom. The second-order valence-corrected chi connectivity index (χ2v) is 5.67. The summed E-state index contributed by atoms with van der Waals surface area (Å²) >= 11 is 1.55. The molecule has 0 aliphatic carbocycles. The van der Waals surface area contributed by atoms with Crippen LogP contribution in [0.25, 0.3) is 0 Å². The van der Waals surface area contributed by atoms with E-state index in [1.54, 1.807) is 23.5 Å². The Hall–Kier alpha value is -1.66. The predicted octanol–water partition coefficient (Wildman–Crippen LogP) is 1.02. The van der Waals surface area contributed by atoms with Crippen LogP contribution in [0.1, 0.15) is 4.88 Å². The van der Waals surface area contributed by atoms with Crippen LogP contribution in [0.5, 0.6) is 0 Å². The molecule has 1 amide bonds. The molecule has 0 saturated carbocycles. The standard InChI is InChI=1S/C13H13NO4S/c15-12(14-6-7-2-1-5-19-7)10-8-3-4-9(18-8)11(10)13(16)17/h1-5,8-11H,6H2,(H,14,15)(H,16,17)/t8-,9-,10+,11+/m1/s1. The van der Waals surface area contributed by atoms with Gasteiger partial charge >= 0.3 is 5.97 Å². The Balaban J connectivity index is 1.68. The summed E-state index contributed by atoms with van der Waals surface area (Å²) in [6.07, 6.45) is 2.63. The van der Waals surface area contributed by atoms with Gasteiger partial charge in [0.25, 0.3) is 0 Å². The molecule has 3 rings (SSSR count). The number of aliphatic carboxylic acids is 1. The number of hydrogen-bond acceptors (Lipinski definition) is 4. The van der Waals surface area contributed by atoms with Gasteiger partial charge in [-0.3, -0.25) is 9.59 Å². The number of carboxylic acid groups (broad SMARTS) is 1. The van der Waals surface area contributed by atoms with Gasteiger partial charge in [-0.2, -0.15) is 0 Å². The summed E-state index contributed by atoms with van der Waals surface area (Å²) < 4.78 is 5.47. The lowest BCUT2D eigenvalue weighted by Gasteiger charge is -2.20. The molecule has 3 heterocycles. The van der Waals surface area contributed by atoms with Crippen molar-refractivity contribution in [2.45, 2.75) is 18.8 Å². The van der Waals surface area contributed by atoms with E-state index in [1.165, 1.54) is 0 Å². The number of hydrogen-bond donors (Lipinski definition) is 2. The molecule has 0 aromatic carbocycles. The molecule has 5 nitrogen and oxygen atoms in total. The summed E-state index contributed by atoms with van der Waals surface area (Å²) in [6, 6.07) is 3.84. The Labute approximate surface area is 113 Å². The van der Waals surface area contributed by atoms with Crippen LogP contribution in [-0.2, 0) is 20.9 Å². The van der Waals surface area contributed by atoms with Crippen molar-refractivity contribution in [3.63, 3.8) is 0 Å². The smallest absolute Gasteiger partial charge is 0.310 e. The molecule has 19 heavy (non-hydrogen) atoms. The molecule has 1 aromatic heterocycles. The van der Waals surface area contributed by atoms with Crippen LogP contribution >= 0.6 is 11.3 Å². The number of nitrogens with one attached hydrogen (secondary N) is 1. The highest BCUT2D eigenvalue weighted by Crippen LogP contribution is 2.39. The van der Waals surface area contributed by atoms with Gasteiger partial charge < -0.3 is 15.2 Å². The van der Waals surface area contributed by atoms with E-state index >= 15 is 0 Å². The van der Waals surface area contributed by atoms with Crippen LogP contribution in [0.4, 0.5) is 0 Å². The second kappa shape index (κ2) is 4.79. The minimum atomic E-state index is -0.979. The minimum Gasteiger partial charge on any atom is -0.481 e. The maximum absolute atomic E-state index is 12.2. The molecule has 6 heteroatoms. The van der Waals surface area contributed by atoms with Gasteiger partial charge in [-0.1, -0.05) is 18.2 Å². The number of carbonyl (C=O) groups is 2. The normalized spacial score (nSPS) is 31.6. The SMILES string of the molecule is O=C(O)[C@@H]1[C@@H](C(=O)NCc2cccs2)[C@H]2C=C[C@H]1O2. The Morgan fingerprint density at radius 3 is 2.68 bits per heavy atom. The van der Waals surface area contributed by atoms with E-state index in [4.69, 9.17) is 4.74 Å². The number of rotatable bonds is 4. The van der Waals surface area contributed by atoms with Gasteiger partial charge in [0.2, 0.25) is 5.91 Å². The number of carboxylic acids is 1. The van der Waals surface area contributed by atoms with Gasteiger partial charge in [0.1, 0.15) is 5.92 Å². The zero-order chi connectivity index (χ0) is 13.4. The molecule has 2 aliphatic rings. The lowest BCUT2D eigenvalue weighted by molar-refractivity contribution is -0.146. The largest absolute Gasteiger partial charge is 0.481 e. The maximum Gasteiger partial charge on any atom is 0.310 e. The van der Waals surface area contributed by atoms with E-state index in [0.29, 0.717) is 6.54 Å². The molecule has 2 N–H and O–H groups in total. The van der Waals surface area contributed by atoms with Crippen LogP contribution < -0.4 is 5.32 Å². The Kier molecular flexibility index (Phi) is 3.12. The average Bonchev–Trinajstić information content (AvgIpc) is 3.10. The highest BCUT2D eigenvalue weighted by molar-refractivity contribution is 7.09. The molecule has 2 aliphatic heterocycles. The Bertz CT molecular complexity index is 525. The summed E-state index contributed by atoms with van der Waals surface area (Å²) in [5.74, 6) is -2.64. The first kappa shape index (κ1) is 12.4. The summed E-state index contributed by atoms with van der Waals surface area (Å²) in [5.41, 5.74) is 0. The third-order valence-corrected chi connectivity index (χ3v) is 4.38. The molecular formula is C13H13NO4S. The average molecular weight is 279 g/mol. The van der Waals surface area contributed by atoms with Crippen molar-refractivity contribution < 1.29 is 19.4 Å². The lowest BCUT2D eigenvalue weighted by Crippen LogP contribution is -2.42. The molecule has 1 fully saturated rings. The first-order valence-electron chi connectivity index (χ1n) is 6.03. The monoisotopic (exact) mass is 279 g/mol. The van der Waals surface area contributed by atoms with Gasteiger partial charge in [-0.15, -0.1) is 11.3 Å². The van der Waals surface area contributed by atoms with Crippen LogP contribution in [-0.4, -0.2) is 29.2 Å². The maximum atomic E-state index is 12.2. The van der Waals surface area contributed by atoms with Crippen LogP contribution in [0, 0.1) is 11.8 Å². The van der Waals surface area contributed by atoms with Crippen LogP contribution in [0.15, 0.2) is 29.7 Å². The topological polar surface area (TPSA) is 75.6 Å². The minimum absolute atomic E-state index is 0.252. The third-order valence-electron chi connectivity index (χ3n) is 3.50. The second-order valence-electron chi connectivity index (χ2n) is 4.64. The van der Waals surface area contributed by atoms with Crippen molar-refractivity contribution in [3.8, 4) is 0 Å². The molecule has 0 unspecified atom stereocenters. The van der Waals surface area contributed by atoms with Crippen molar-refractivity contribution in [3.05, 3.63) is 34.5 Å². The zero-order valence-corrected chi connectivity index (χ0v) is 10.8. The molecule has 0 spiro atoms. The van der Waals surface area contributed by atoms with E-state index in [0.717, 1.165) is 4.88 Å².